The Hall–Kier alpha value is -3.53. The second-order valence-corrected chi connectivity index (χ2v) is 6.52. The van der Waals surface area contributed by atoms with Crippen molar-refractivity contribution in [2.75, 3.05) is 20.8 Å². The topological polar surface area (TPSA) is 88.1 Å². The average Bonchev–Trinajstić information content (AvgIpc) is 3.27. The Morgan fingerprint density at radius 2 is 2.00 bits per heavy atom. The smallest absolute Gasteiger partial charge is 0.314 e. The van der Waals surface area contributed by atoms with Gasteiger partial charge in [-0.1, -0.05) is 0 Å². The Balaban J connectivity index is 1.80. The van der Waals surface area contributed by atoms with Crippen molar-refractivity contribution in [2.45, 2.75) is 19.3 Å². The molecule has 2 aromatic rings. The van der Waals surface area contributed by atoms with Crippen LogP contribution in [0, 0.1) is 11.3 Å². The molecule has 2 aliphatic rings. The van der Waals surface area contributed by atoms with E-state index in [4.69, 9.17) is 13.9 Å². The van der Waals surface area contributed by atoms with Crippen molar-refractivity contribution in [1.29, 1.82) is 5.26 Å². The van der Waals surface area contributed by atoms with E-state index in [9.17, 15) is 10.1 Å². The number of fused-ring (bicyclic) bond motifs is 3. The van der Waals surface area contributed by atoms with Crippen molar-refractivity contribution < 1.29 is 18.7 Å². The molecule has 1 aromatic carbocycles. The largest absolute Gasteiger partial charge is 0.493 e. The average molecular weight is 377 g/mol. The van der Waals surface area contributed by atoms with Crippen LogP contribution in [0.4, 0.5) is 0 Å². The molecular weight excluding hydrogens is 358 g/mol. The van der Waals surface area contributed by atoms with E-state index in [2.05, 4.69) is 11.1 Å². The molecule has 0 unspecified atom stereocenters. The minimum atomic E-state index is -0.419. The zero-order valence-electron chi connectivity index (χ0n) is 15.7. The summed E-state index contributed by atoms with van der Waals surface area (Å²) < 4.78 is 16.0. The minimum absolute atomic E-state index is 0.202. The molecule has 1 amide bonds. The molecule has 4 rings (SSSR count). The van der Waals surface area contributed by atoms with Gasteiger partial charge in [0.25, 0.3) is 0 Å². The highest BCUT2D eigenvalue weighted by Gasteiger charge is 2.32. The van der Waals surface area contributed by atoms with Gasteiger partial charge in [0.2, 0.25) is 0 Å². The SMILES string of the molecule is COc1cc2c(cc1OC)C1=C(C#N)CCC(=NC(=O)c3ccco3)N1CC2. The molecule has 0 N–H and O–H groups in total. The third kappa shape index (κ3) is 2.93. The van der Waals surface area contributed by atoms with E-state index in [1.807, 2.05) is 17.0 Å². The number of allylic oxidation sites excluding steroid dienone is 1. The van der Waals surface area contributed by atoms with E-state index in [0.717, 1.165) is 23.2 Å². The third-order valence-electron chi connectivity index (χ3n) is 5.03. The highest BCUT2D eigenvalue weighted by molar-refractivity contribution is 6.05. The Labute approximate surface area is 162 Å². The standard InChI is InChI=1S/C21H19N3O4/c1-26-17-10-13-7-8-24-19(23-21(25)16-4-3-9-28-16)6-5-14(12-22)20(24)15(13)11-18(17)27-2/h3-4,9-11H,5-8H2,1-2H3. The Bertz CT molecular complexity index is 1030. The Morgan fingerprint density at radius 3 is 2.68 bits per heavy atom. The van der Waals surface area contributed by atoms with Crippen molar-refractivity contribution in [3.63, 3.8) is 0 Å². The van der Waals surface area contributed by atoms with Gasteiger partial charge in [-0.25, -0.2) is 0 Å². The van der Waals surface area contributed by atoms with Gasteiger partial charge in [-0.05, 0) is 42.7 Å². The molecule has 0 radical (unpaired) electrons. The molecule has 7 heteroatoms. The lowest BCUT2D eigenvalue weighted by Gasteiger charge is -2.38. The van der Waals surface area contributed by atoms with Gasteiger partial charge in [-0.2, -0.15) is 10.3 Å². The number of methoxy groups -OCH3 is 2. The second-order valence-electron chi connectivity index (χ2n) is 6.52. The first-order valence-electron chi connectivity index (χ1n) is 8.97. The molecule has 0 aliphatic carbocycles. The van der Waals surface area contributed by atoms with E-state index in [1.54, 1.807) is 26.4 Å². The number of ether oxygens (including phenoxy) is 2. The fourth-order valence-electron chi connectivity index (χ4n) is 3.71. The summed E-state index contributed by atoms with van der Waals surface area (Å²) in [6.07, 6.45) is 3.25. The van der Waals surface area contributed by atoms with Crippen LogP contribution in [-0.4, -0.2) is 37.4 Å². The van der Waals surface area contributed by atoms with Crippen LogP contribution in [0.1, 0.15) is 34.5 Å². The molecule has 0 atom stereocenters. The van der Waals surface area contributed by atoms with E-state index >= 15 is 0 Å². The van der Waals surface area contributed by atoms with Crippen LogP contribution in [0.2, 0.25) is 0 Å². The molecule has 1 aromatic heterocycles. The zero-order valence-corrected chi connectivity index (χ0v) is 15.7. The van der Waals surface area contributed by atoms with Gasteiger partial charge in [0, 0.05) is 18.5 Å². The lowest BCUT2D eigenvalue weighted by atomic mass is 9.89. The lowest BCUT2D eigenvalue weighted by Crippen LogP contribution is -2.38. The van der Waals surface area contributed by atoms with E-state index < -0.39 is 5.91 Å². The Morgan fingerprint density at radius 1 is 1.21 bits per heavy atom. The predicted molar refractivity (Wildman–Crippen MR) is 102 cm³/mol. The number of nitrogens with zero attached hydrogens (tertiary/aromatic N) is 3. The fourth-order valence-corrected chi connectivity index (χ4v) is 3.71. The summed E-state index contributed by atoms with van der Waals surface area (Å²) in [7, 11) is 3.19. The van der Waals surface area contributed by atoms with E-state index in [0.29, 0.717) is 42.3 Å². The van der Waals surface area contributed by atoms with E-state index in [-0.39, 0.29) is 5.76 Å². The maximum absolute atomic E-state index is 12.4. The number of hydrogen-bond acceptors (Lipinski definition) is 5. The molecule has 0 fully saturated rings. The number of rotatable bonds is 3. The number of carbonyl (C=O) groups excluding carboxylic acids is 1. The number of hydrogen-bond donors (Lipinski definition) is 0. The number of aliphatic imine (C=N–C) groups is 1. The number of carbonyl (C=O) groups is 1. The van der Waals surface area contributed by atoms with Gasteiger partial charge in [0.05, 0.1) is 37.8 Å². The summed E-state index contributed by atoms with van der Waals surface area (Å²) in [4.78, 5) is 18.7. The minimum Gasteiger partial charge on any atom is -0.493 e. The molecule has 142 valence electrons. The molecule has 0 spiro atoms. The number of benzene rings is 1. The quantitative estimate of drug-likeness (QED) is 0.814. The lowest BCUT2D eigenvalue weighted by molar-refractivity contribution is 0.0975. The predicted octanol–water partition coefficient (Wildman–Crippen LogP) is 3.42. The maximum atomic E-state index is 12.4. The van der Waals surface area contributed by atoms with Gasteiger partial charge in [-0.15, -0.1) is 0 Å². The van der Waals surface area contributed by atoms with Crippen molar-refractivity contribution in [3.05, 3.63) is 53.0 Å². The summed E-state index contributed by atoms with van der Waals surface area (Å²) in [6, 6.07) is 9.41. The Kier molecular flexibility index (Phi) is 4.62. The highest BCUT2D eigenvalue weighted by atomic mass is 16.5. The summed E-state index contributed by atoms with van der Waals surface area (Å²) in [5.41, 5.74) is 3.47. The van der Waals surface area contributed by atoms with Crippen LogP contribution in [0.3, 0.4) is 0 Å². The number of furan rings is 1. The summed E-state index contributed by atoms with van der Waals surface area (Å²) in [6.45, 7) is 0.632. The fraction of sp³-hybridized carbons (Fsp3) is 0.286. The molecular formula is C21H19N3O4. The third-order valence-corrected chi connectivity index (χ3v) is 5.03. The maximum Gasteiger partial charge on any atom is 0.314 e. The molecule has 0 saturated heterocycles. The molecule has 0 saturated carbocycles. The van der Waals surface area contributed by atoms with Crippen molar-refractivity contribution in [1.82, 2.24) is 4.90 Å². The second kappa shape index (κ2) is 7.24. The van der Waals surface area contributed by atoms with E-state index in [1.165, 1.54) is 6.26 Å². The van der Waals surface area contributed by atoms with Gasteiger partial charge in [0.1, 0.15) is 5.84 Å². The van der Waals surface area contributed by atoms with Crippen LogP contribution in [-0.2, 0) is 6.42 Å². The van der Waals surface area contributed by atoms with Crippen molar-refractivity contribution >= 4 is 17.4 Å². The van der Waals surface area contributed by atoms with Crippen LogP contribution >= 0.6 is 0 Å². The van der Waals surface area contributed by atoms with Gasteiger partial charge >= 0.3 is 5.91 Å². The van der Waals surface area contributed by atoms with Crippen LogP contribution in [0.25, 0.3) is 5.70 Å². The van der Waals surface area contributed by atoms with Gasteiger partial charge in [0.15, 0.2) is 17.3 Å². The molecule has 0 bridgehead atoms. The number of nitriles is 1. The summed E-state index contributed by atoms with van der Waals surface area (Å²) in [5.74, 6) is 1.69. The molecule has 3 heterocycles. The van der Waals surface area contributed by atoms with Crippen LogP contribution in [0.5, 0.6) is 11.5 Å². The zero-order chi connectivity index (χ0) is 19.7. The van der Waals surface area contributed by atoms with Crippen LogP contribution < -0.4 is 9.47 Å². The highest BCUT2D eigenvalue weighted by Crippen LogP contribution is 2.41. The normalized spacial score (nSPS) is 17.0. The van der Waals surface area contributed by atoms with Crippen molar-refractivity contribution in [2.24, 2.45) is 4.99 Å². The van der Waals surface area contributed by atoms with Crippen molar-refractivity contribution in [3.8, 4) is 17.6 Å². The van der Waals surface area contributed by atoms with Crippen LogP contribution in [0.15, 0.2) is 45.5 Å². The monoisotopic (exact) mass is 377 g/mol. The number of amides is 1. The van der Waals surface area contributed by atoms with Gasteiger partial charge in [-0.3, -0.25) is 4.79 Å². The van der Waals surface area contributed by atoms with Gasteiger partial charge < -0.3 is 18.8 Å². The summed E-state index contributed by atoms with van der Waals surface area (Å²) in [5, 5.41) is 9.69. The molecule has 2 aliphatic heterocycles. The summed E-state index contributed by atoms with van der Waals surface area (Å²) >= 11 is 0. The number of amidine groups is 1. The first-order valence-corrected chi connectivity index (χ1v) is 8.97. The molecule has 28 heavy (non-hydrogen) atoms. The molecule has 7 nitrogen and oxygen atoms in total. The first kappa shape index (κ1) is 17.9. The first-order chi connectivity index (χ1) is 13.7.